The third-order valence-electron chi connectivity index (χ3n) is 5.08. The van der Waals surface area contributed by atoms with Crippen LogP contribution in [0.1, 0.15) is 33.5 Å². The van der Waals surface area contributed by atoms with Crippen LogP contribution in [0.25, 0.3) is 27.9 Å². The Balaban J connectivity index is 1.27. The number of carbonyl (C=O) groups excluding carboxylic acids is 1. The first-order valence-corrected chi connectivity index (χ1v) is 11.4. The molecule has 0 spiro atoms. The van der Waals surface area contributed by atoms with Crippen molar-refractivity contribution in [3.63, 3.8) is 0 Å². The van der Waals surface area contributed by atoms with Crippen LogP contribution in [-0.4, -0.2) is 30.8 Å². The molecule has 0 aliphatic heterocycles. The number of ether oxygens (including phenoxy) is 1. The van der Waals surface area contributed by atoms with E-state index in [0.717, 1.165) is 16.1 Å². The summed E-state index contributed by atoms with van der Waals surface area (Å²) >= 11 is 1.34. The fourth-order valence-corrected chi connectivity index (χ4v) is 4.09. The molecule has 170 valence electrons. The van der Waals surface area contributed by atoms with E-state index in [1.165, 1.54) is 21.9 Å². The minimum absolute atomic E-state index is 0.116. The Kier molecular flexibility index (Phi) is 5.72. The molecule has 0 fully saturated rings. The average molecular weight is 474 g/mol. The number of carbonyl (C=O) groups is 1. The van der Waals surface area contributed by atoms with Crippen LogP contribution in [-0.2, 0) is 17.8 Å². The molecule has 0 bridgehead atoms. The number of benzene rings is 2. The van der Waals surface area contributed by atoms with Gasteiger partial charge in [-0.15, -0.1) is 10.2 Å². The van der Waals surface area contributed by atoms with E-state index in [4.69, 9.17) is 9.15 Å². The molecule has 0 saturated heterocycles. The number of esters is 1. The molecular weight excluding hydrogens is 454 g/mol. The van der Waals surface area contributed by atoms with Crippen LogP contribution in [0.4, 0.5) is 0 Å². The van der Waals surface area contributed by atoms with E-state index in [1.54, 1.807) is 24.3 Å². The van der Waals surface area contributed by atoms with Crippen LogP contribution < -0.4 is 5.56 Å². The predicted octanol–water partition coefficient (Wildman–Crippen LogP) is 4.10. The Morgan fingerprint density at radius 2 is 1.68 bits per heavy atom. The molecule has 2 aromatic carbocycles. The summed E-state index contributed by atoms with van der Waals surface area (Å²) in [6.07, 6.45) is 0.713. The summed E-state index contributed by atoms with van der Waals surface area (Å²) in [6, 6.07) is 15.8. The normalized spacial score (nSPS) is 11.1. The first-order valence-electron chi connectivity index (χ1n) is 10.6. The number of rotatable bonds is 6. The highest BCUT2D eigenvalue weighted by atomic mass is 32.1. The second kappa shape index (κ2) is 8.99. The largest absolute Gasteiger partial charge is 0.456 e. The average Bonchev–Trinajstić information content (AvgIpc) is 3.51. The zero-order chi connectivity index (χ0) is 23.7. The van der Waals surface area contributed by atoms with Crippen LogP contribution in [0.5, 0.6) is 0 Å². The van der Waals surface area contributed by atoms with Crippen molar-refractivity contribution in [2.24, 2.45) is 0 Å². The summed E-state index contributed by atoms with van der Waals surface area (Å²) in [7, 11) is 0. The molecular formula is C24H19N5O4S. The second-order valence-electron chi connectivity index (χ2n) is 7.56. The maximum absolute atomic E-state index is 12.5. The Morgan fingerprint density at radius 3 is 2.32 bits per heavy atom. The number of fused-ring (bicyclic) bond motifs is 1. The van der Waals surface area contributed by atoms with Crippen molar-refractivity contribution in [2.75, 3.05) is 0 Å². The van der Waals surface area contributed by atoms with Crippen LogP contribution in [0.15, 0.2) is 63.8 Å². The van der Waals surface area contributed by atoms with Gasteiger partial charge in [0.2, 0.25) is 16.7 Å². The molecule has 0 atom stereocenters. The smallest absolute Gasteiger partial charge is 0.338 e. The molecule has 0 amide bonds. The highest BCUT2D eigenvalue weighted by Gasteiger charge is 2.14. The lowest BCUT2D eigenvalue weighted by Crippen LogP contribution is -2.16. The van der Waals surface area contributed by atoms with Gasteiger partial charge in [-0.1, -0.05) is 36.0 Å². The lowest BCUT2D eigenvalue weighted by atomic mass is 10.1. The Morgan fingerprint density at radius 1 is 1.03 bits per heavy atom. The predicted molar refractivity (Wildman–Crippen MR) is 126 cm³/mol. The van der Waals surface area contributed by atoms with Gasteiger partial charge in [0.05, 0.1) is 11.3 Å². The number of nitrogens with zero attached hydrogens (tertiary/aromatic N) is 5. The van der Waals surface area contributed by atoms with Crippen LogP contribution in [0, 0.1) is 6.92 Å². The van der Waals surface area contributed by atoms with Crippen LogP contribution in [0.3, 0.4) is 0 Å². The van der Waals surface area contributed by atoms with Gasteiger partial charge >= 0.3 is 5.97 Å². The molecule has 0 N–H and O–H groups in total. The number of hydrogen-bond donors (Lipinski definition) is 0. The lowest BCUT2D eigenvalue weighted by Gasteiger charge is -2.05. The van der Waals surface area contributed by atoms with Crippen LogP contribution in [0.2, 0.25) is 0 Å². The van der Waals surface area contributed by atoms with Gasteiger partial charge in [0.1, 0.15) is 11.6 Å². The molecule has 0 aliphatic carbocycles. The molecule has 5 rings (SSSR count). The molecule has 0 radical (unpaired) electrons. The van der Waals surface area contributed by atoms with Gasteiger partial charge in [0.25, 0.3) is 5.56 Å². The van der Waals surface area contributed by atoms with Gasteiger partial charge in [-0.05, 0) is 49.7 Å². The van der Waals surface area contributed by atoms with Crippen molar-refractivity contribution in [2.45, 2.75) is 26.9 Å². The fourth-order valence-electron chi connectivity index (χ4n) is 3.24. The third kappa shape index (κ3) is 4.35. The molecule has 5 aromatic rings. The number of hydrogen-bond acceptors (Lipinski definition) is 9. The van der Waals surface area contributed by atoms with E-state index in [9.17, 15) is 9.59 Å². The van der Waals surface area contributed by atoms with E-state index in [2.05, 4.69) is 20.3 Å². The summed E-state index contributed by atoms with van der Waals surface area (Å²) in [5, 5.41) is 13.2. The van der Waals surface area contributed by atoms with Gasteiger partial charge in [-0.3, -0.25) is 4.79 Å². The summed E-state index contributed by atoms with van der Waals surface area (Å²) in [4.78, 5) is 29.6. The number of aromatic nitrogens is 5. The van der Waals surface area contributed by atoms with E-state index in [-0.39, 0.29) is 12.2 Å². The van der Waals surface area contributed by atoms with Crippen molar-refractivity contribution < 1.29 is 13.9 Å². The molecule has 34 heavy (non-hydrogen) atoms. The molecule has 0 unspecified atom stereocenters. The summed E-state index contributed by atoms with van der Waals surface area (Å²) < 4.78 is 12.4. The monoisotopic (exact) mass is 473 g/mol. The van der Waals surface area contributed by atoms with Gasteiger partial charge in [0.15, 0.2) is 0 Å². The van der Waals surface area contributed by atoms with Crippen molar-refractivity contribution in [3.05, 3.63) is 86.8 Å². The van der Waals surface area contributed by atoms with Gasteiger partial charge in [0, 0.05) is 17.2 Å². The van der Waals surface area contributed by atoms with Crippen molar-refractivity contribution in [3.8, 4) is 22.9 Å². The molecule has 0 aliphatic rings. The van der Waals surface area contributed by atoms with E-state index < -0.39 is 5.97 Å². The maximum atomic E-state index is 12.5. The molecule has 9 nitrogen and oxygen atoms in total. The summed E-state index contributed by atoms with van der Waals surface area (Å²) in [6.45, 7) is 3.85. The Labute approximate surface area is 197 Å². The van der Waals surface area contributed by atoms with E-state index >= 15 is 0 Å². The fraction of sp³-hybridized carbons (Fsp3) is 0.167. The van der Waals surface area contributed by atoms with Crippen LogP contribution >= 0.6 is 11.3 Å². The van der Waals surface area contributed by atoms with Crippen molar-refractivity contribution >= 4 is 22.3 Å². The summed E-state index contributed by atoms with van der Waals surface area (Å²) in [5.41, 5.74) is 3.08. The first kappa shape index (κ1) is 21.7. The minimum Gasteiger partial charge on any atom is -0.456 e. The molecule has 0 saturated carbocycles. The minimum atomic E-state index is -0.530. The molecule has 10 heteroatoms. The molecule has 3 aromatic heterocycles. The lowest BCUT2D eigenvalue weighted by molar-refractivity contribution is 0.0467. The highest BCUT2D eigenvalue weighted by molar-refractivity contribution is 7.16. The molecule has 3 heterocycles. The SMILES string of the molecule is CCc1nn2c(=O)cc(COC(=O)c3ccc(-c4nnc(-c5ccc(C)cc5)o4)cc3)nc2s1. The van der Waals surface area contributed by atoms with Crippen molar-refractivity contribution in [1.29, 1.82) is 0 Å². The highest BCUT2D eigenvalue weighted by Crippen LogP contribution is 2.24. The zero-order valence-electron chi connectivity index (χ0n) is 18.4. The first-order chi connectivity index (χ1) is 16.5. The topological polar surface area (TPSA) is 112 Å². The maximum Gasteiger partial charge on any atom is 0.338 e. The second-order valence-corrected chi connectivity index (χ2v) is 8.60. The van der Waals surface area contributed by atoms with E-state index in [1.807, 2.05) is 38.1 Å². The van der Waals surface area contributed by atoms with Gasteiger partial charge in [-0.25, -0.2) is 9.78 Å². The Hall–Kier alpha value is -4.18. The zero-order valence-corrected chi connectivity index (χ0v) is 19.2. The third-order valence-corrected chi connectivity index (χ3v) is 6.14. The van der Waals surface area contributed by atoms with E-state index in [0.29, 0.717) is 40.0 Å². The summed E-state index contributed by atoms with van der Waals surface area (Å²) in [5.74, 6) is 0.244. The Bertz CT molecular complexity index is 1530. The quantitative estimate of drug-likeness (QED) is 0.339. The standard InChI is InChI=1S/C24H19N5O4S/c1-3-19-28-29-20(30)12-18(25-24(29)34-19)13-32-23(31)17-10-8-16(9-11-17)22-27-26-21(33-22)15-6-4-14(2)5-7-15/h4-12H,3,13H2,1-2H3. The van der Waals surface area contributed by atoms with Crippen molar-refractivity contribution in [1.82, 2.24) is 24.8 Å². The number of aryl methyl sites for hydroxylation is 2. The van der Waals surface area contributed by atoms with Gasteiger partial charge in [-0.2, -0.15) is 9.61 Å². The van der Waals surface area contributed by atoms with Gasteiger partial charge < -0.3 is 9.15 Å².